The van der Waals surface area contributed by atoms with Gasteiger partial charge in [-0.25, -0.2) is 0 Å². The summed E-state index contributed by atoms with van der Waals surface area (Å²) in [7, 11) is 0. The molecule has 2 N–H and O–H groups in total. The first-order valence-electron chi connectivity index (χ1n) is 5.33. The van der Waals surface area contributed by atoms with Crippen molar-refractivity contribution in [1.82, 2.24) is 0 Å². The summed E-state index contributed by atoms with van der Waals surface area (Å²) in [5.74, 6) is -0.301. The summed E-state index contributed by atoms with van der Waals surface area (Å²) in [5.41, 5.74) is -0.610. The van der Waals surface area contributed by atoms with Crippen LogP contribution in [0.3, 0.4) is 0 Å². The molecule has 82 valence electrons. The molecule has 1 aliphatic rings. The first-order chi connectivity index (χ1) is 6.38. The standard InChI is InChI=1S/C11H20O3/c1-11(2,14)7-8-3-5-9(6-4-8)10(12)13/h8-9,14H,3-7H2,1-2H3,(H,12,13). The van der Waals surface area contributed by atoms with Gasteiger partial charge in [0, 0.05) is 0 Å². The number of carboxylic acids is 1. The van der Waals surface area contributed by atoms with E-state index in [2.05, 4.69) is 0 Å². The van der Waals surface area contributed by atoms with Gasteiger partial charge in [-0.15, -0.1) is 0 Å². The van der Waals surface area contributed by atoms with E-state index in [0.717, 1.165) is 32.1 Å². The maximum Gasteiger partial charge on any atom is 0.306 e. The van der Waals surface area contributed by atoms with Gasteiger partial charge in [0.15, 0.2) is 0 Å². The number of aliphatic carboxylic acids is 1. The highest BCUT2D eigenvalue weighted by Crippen LogP contribution is 2.33. The predicted octanol–water partition coefficient (Wildman–Crippen LogP) is 2.04. The van der Waals surface area contributed by atoms with Gasteiger partial charge in [-0.3, -0.25) is 4.79 Å². The van der Waals surface area contributed by atoms with E-state index in [1.54, 1.807) is 0 Å². The van der Waals surface area contributed by atoms with E-state index < -0.39 is 11.6 Å². The van der Waals surface area contributed by atoms with E-state index in [0.29, 0.717) is 5.92 Å². The quantitative estimate of drug-likeness (QED) is 0.733. The van der Waals surface area contributed by atoms with Crippen LogP contribution in [-0.4, -0.2) is 21.8 Å². The molecule has 1 rings (SSSR count). The van der Waals surface area contributed by atoms with Crippen LogP contribution in [0.2, 0.25) is 0 Å². The molecule has 0 amide bonds. The molecule has 0 aromatic rings. The number of carboxylic acid groups (broad SMARTS) is 1. The Morgan fingerprint density at radius 2 is 1.79 bits per heavy atom. The summed E-state index contributed by atoms with van der Waals surface area (Å²) < 4.78 is 0. The molecular formula is C11H20O3. The van der Waals surface area contributed by atoms with Gasteiger partial charge in [0.1, 0.15) is 0 Å². The Morgan fingerprint density at radius 3 is 2.14 bits per heavy atom. The van der Waals surface area contributed by atoms with Gasteiger partial charge in [-0.05, 0) is 51.9 Å². The van der Waals surface area contributed by atoms with Crippen molar-refractivity contribution in [3.05, 3.63) is 0 Å². The summed E-state index contributed by atoms with van der Waals surface area (Å²) >= 11 is 0. The monoisotopic (exact) mass is 200 g/mol. The molecule has 0 saturated heterocycles. The van der Waals surface area contributed by atoms with E-state index in [1.807, 2.05) is 13.8 Å². The van der Waals surface area contributed by atoms with Crippen LogP contribution in [0.25, 0.3) is 0 Å². The third kappa shape index (κ3) is 3.66. The molecule has 0 spiro atoms. The van der Waals surface area contributed by atoms with Gasteiger partial charge in [-0.1, -0.05) is 0 Å². The molecule has 0 heterocycles. The van der Waals surface area contributed by atoms with Crippen LogP contribution in [0.1, 0.15) is 46.0 Å². The number of carbonyl (C=O) groups is 1. The Morgan fingerprint density at radius 1 is 1.29 bits per heavy atom. The lowest BCUT2D eigenvalue weighted by Gasteiger charge is -2.30. The zero-order chi connectivity index (χ0) is 10.8. The second kappa shape index (κ2) is 4.30. The Hall–Kier alpha value is -0.570. The van der Waals surface area contributed by atoms with Crippen LogP contribution in [0, 0.1) is 11.8 Å². The molecule has 3 heteroatoms. The Labute approximate surface area is 85.1 Å². The van der Waals surface area contributed by atoms with Crippen molar-refractivity contribution in [2.24, 2.45) is 11.8 Å². The summed E-state index contributed by atoms with van der Waals surface area (Å²) in [6, 6.07) is 0. The number of hydrogen-bond donors (Lipinski definition) is 2. The number of aliphatic hydroxyl groups is 1. The van der Waals surface area contributed by atoms with E-state index >= 15 is 0 Å². The van der Waals surface area contributed by atoms with Crippen LogP contribution < -0.4 is 0 Å². The highest BCUT2D eigenvalue weighted by Gasteiger charge is 2.28. The minimum Gasteiger partial charge on any atom is -0.481 e. The van der Waals surface area contributed by atoms with Gasteiger partial charge in [-0.2, -0.15) is 0 Å². The van der Waals surface area contributed by atoms with Gasteiger partial charge in [0.25, 0.3) is 0 Å². The zero-order valence-corrected chi connectivity index (χ0v) is 8.99. The van der Waals surface area contributed by atoms with Crippen LogP contribution in [-0.2, 0) is 4.79 Å². The predicted molar refractivity (Wildman–Crippen MR) is 54.0 cm³/mol. The maximum atomic E-state index is 10.7. The second-order valence-electron chi connectivity index (χ2n) is 5.07. The fraction of sp³-hybridized carbons (Fsp3) is 0.909. The summed E-state index contributed by atoms with van der Waals surface area (Å²) in [4.78, 5) is 10.7. The molecule has 0 aliphatic heterocycles. The Balaban J connectivity index is 2.33. The van der Waals surface area contributed by atoms with E-state index in [9.17, 15) is 9.90 Å². The molecule has 0 radical (unpaired) electrons. The molecule has 0 bridgehead atoms. The van der Waals surface area contributed by atoms with Gasteiger partial charge < -0.3 is 10.2 Å². The van der Waals surface area contributed by atoms with Crippen LogP contribution in [0.4, 0.5) is 0 Å². The normalized spacial score (nSPS) is 28.8. The SMILES string of the molecule is CC(C)(O)CC1CCC(C(=O)O)CC1. The summed E-state index contributed by atoms with van der Waals surface area (Å²) in [6.07, 6.45) is 4.23. The van der Waals surface area contributed by atoms with E-state index in [1.165, 1.54) is 0 Å². The second-order valence-corrected chi connectivity index (χ2v) is 5.07. The molecule has 3 nitrogen and oxygen atoms in total. The fourth-order valence-corrected chi connectivity index (χ4v) is 2.32. The maximum absolute atomic E-state index is 10.7. The fourth-order valence-electron chi connectivity index (χ4n) is 2.32. The molecule has 0 aromatic heterocycles. The molecule has 0 unspecified atom stereocenters. The van der Waals surface area contributed by atoms with Crippen molar-refractivity contribution in [3.63, 3.8) is 0 Å². The summed E-state index contributed by atoms with van der Waals surface area (Å²) in [6.45, 7) is 3.63. The van der Waals surface area contributed by atoms with Crippen molar-refractivity contribution in [2.75, 3.05) is 0 Å². The average molecular weight is 200 g/mol. The topological polar surface area (TPSA) is 57.5 Å². The van der Waals surface area contributed by atoms with Crippen molar-refractivity contribution in [2.45, 2.75) is 51.6 Å². The average Bonchev–Trinajstić information content (AvgIpc) is 2.02. The molecule has 0 atom stereocenters. The molecule has 1 fully saturated rings. The molecule has 1 saturated carbocycles. The lowest BCUT2D eigenvalue weighted by atomic mass is 9.77. The third-order valence-electron chi connectivity index (χ3n) is 2.98. The van der Waals surface area contributed by atoms with Crippen molar-refractivity contribution in [3.8, 4) is 0 Å². The molecule has 1 aliphatic carbocycles. The number of rotatable bonds is 3. The van der Waals surface area contributed by atoms with Crippen LogP contribution in [0.5, 0.6) is 0 Å². The first-order valence-corrected chi connectivity index (χ1v) is 5.33. The lowest BCUT2D eigenvalue weighted by molar-refractivity contribution is -0.143. The zero-order valence-electron chi connectivity index (χ0n) is 8.99. The largest absolute Gasteiger partial charge is 0.481 e. The minimum absolute atomic E-state index is 0.145. The van der Waals surface area contributed by atoms with Crippen LogP contribution in [0.15, 0.2) is 0 Å². The summed E-state index contributed by atoms with van der Waals surface area (Å²) in [5, 5.41) is 18.4. The van der Waals surface area contributed by atoms with E-state index in [4.69, 9.17) is 5.11 Å². The van der Waals surface area contributed by atoms with Gasteiger partial charge >= 0.3 is 5.97 Å². The van der Waals surface area contributed by atoms with Gasteiger partial charge in [0.2, 0.25) is 0 Å². The highest BCUT2D eigenvalue weighted by atomic mass is 16.4. The Kier molecular flexibility index (Phi) is 3.53. The highest BCUT2D eigenvalue weighted by molar-refractivity contribution is 5.69. The van der Waals surface area contributed by atoms with Crippen molar-refractivity contribution in [1.29, 1.82) is 0 Å². The smallest absolute Gasteiger partial charge is 0.306 e. The van der Waals surface area contributed by atoms with Gasteiger partial charge in [0.05, 0.1) is 11.5 Å². The lowest BCUT2D eigenvalue weighted by Crippen LogP contribution is -2.28. The van der Waals surface area contributed by atoms with Crippen LogP contribution >= 0.6 is 0 Å². The minimum atomic E-state index is -0.660. The number of hydrogen-bond acceptors (Lipinski definition) is 2. The third-order valence-corrected chi connectivity index (χ3v) is 2.98. The van der Waals surface area contributed by atoms with Crippen molar-refractivity contribution >= 4 is 5.97 Å². The molecular weight excluding hydrogens is 180 g/mol. The molecule has 14 heavy (non-hydrogen) atoms. The first kappa shape index (κ1) is 11.5. The Bertz CT molecular complexity index is 197. The van der Waals surface area contributed by atoms with Crippen molar-refractivity contribution < 1.29 is 15.0 Å². The molecule has 0 aromatic carbocycles. The van der Waals surface area contributed by atoms with E-state index in [-0.39, 0.29) is 5.92 Å².